The van der Waals surface area contributed by atoms with Crippen LogP contribution in [0.1, 0.15) is 0 Å². The lowest BCUT2D eigenvalue weighted by molar-refractivity contribution is 0.122. The molecule has 1 aliphatic rings. The molecule has 138 valence electrons. The molecule has 6 nitrogen and oxygen atoms in total. The predicted octanol–water partition coefficient (Wildman–Crippen LogP) is 3.73. The third kappa shape index (κ3) is 4.01. The third-order valence-electron chi connectivity index (χ3n) is 4.45. The van der Waals surface area contributed by atoms with Crippen molar-refractivity contribution in [1.29, 1.82) is 0 Å². The zero-order chi connectivity index (χ0) is 18.5. The lowest BCUT2D eigenvalue weighted by atomic mass is 10.2. The molecule has 0 spiro atoms. The van der Waals surface area contributed by atoms with Crippen LogP contribution < -0.4 is 15.0 Å². The molecule has 6 heteroatoms. The normalized spacial score (nSPS) is 14.0. The highest BCUT2D eigenvalue weighted by Gasteiger charge is 2.16. The second kappa shape index (κ2) is 8.05. The van der Waals surface area contributed by atoms with E-state index >= 15 is 0 Å². The summed E-state index contributed by atoms with van der Waals surface area (Å²) in [6, 6.07) is 19.8. The van der Waals surface area contributed by atoms with Crippen molar-refractivity contribution < 1.29 is 9.47 Å². The molecule has 4 rings (SSSR count). The zero-order valence-electron chi connectivity index (χ0n) is 15.3. The van der Waals surface area contributed by atoms with Crippen molar-refractivity contribution in [3.63, 3.8) is 0 Å². The molecule has 2 aromatic carbocycles. The van der Waals surface area contributed by atoms with Crippen LogP contribution in [0.4, 0.5) is 17.3 Å². The van der Waals surface area contributed by atoms with E-state index in [0.29, 0.717) is 19.0 Å². The van der Waals surface area contributed by atoms with Gasteiger partial charge in [-0.1, -0.05) is 42.5 Å². The van der Waals surface area contributed by atoms with E-state index in [1.165, 1.54) is 0 Å². The molecule has 1 aliphatic heterocycles. The summed E-state index contributed by atoms with van der Waals surface area (Å²) in [7, 11) is 1.66. The van der Waals surface area contributed by atoms with Crippen LogP contribution in [0.15, 0.2) is 60.7 Å². The van der Waals surface area contributed by atoms with E-state index in [9.17, 15) is 0 Å². The summed E-state index contributed by atoms with van der Waals surface area (Å²) in [5.41, 5.74) is 1.85. The summed E-state index contributed by atoms with van der Waals surface area (Å²) in [5, 5.41) is 3.38. The number of hydrogen-bond donors (Lipinski definition) is 1. The average molecular weight is 362 g/mol. The predicted molar refractivity (Wildman–Crippen MR) is 107 cm³/mol. The molecule has 1 saturated heterocycles. The number of aromatic nitrogens is 2. The van der Waals surface area contributed by atoms with Gasteiger partial charge in [-0.05, 0) is 12.1 Å². The van der Waals surface area contributed by atoms with E-state index in [2.05, 4.69) is 10.2 Å². The molecule has 0 aliphatic carbocycles. The fraction of sp³-hybridized carbons (Fsp3) is 0.238. The first-order valence-electron chi connectivity index (χ1n) is 9.01. The highest BCUT2D eigenvalue weighted by Crippen LogP contribution is 2.29. The Balaban J connectivity index is 1.73. The van der Waals surface area contributed by atoms with E-state index < -0.39 is 0 Å². The van der Waals surface area contributed by atoms with E-state index in [1.54, 1.807) is 7.11 Å². The van der Waals surface area contributed by atoms with Crippen LogP contribution in [-0.4, -0.2) is 43.4 Å². The van der Waals surface area contributed by atoms with Gasteiger partial charge in [0.15, 0.2) is 5.82 Å². The molecular formula is C21H22N4O2. The SMILES string of the molecule is COc1ccccc1Nc1cc(N2CCOCC2)nc(-c2ccccc2)n1. The Labute approximate surface area is 158 Å². The first-order valence-corrected chi connectivity index (χ1v) is 9.01. The fourth-order valence-corrected chi connectivity index (χ4v) is 3.06. The van der Waals surface area contributed by atoms with Gasteiger partial charge in [-0.3, -0.25) is 0 Å². The standard InChI is InChI=1S/C21H22N4O2/c1-26-18-10-6-5-9-17(18)22-19-15-20(25-11-13-27-14-12-25)24-21(23-19)16-7-3-2-4-8-16/h2-10,15H,11-14H2,1H3,(H,22,23,24). The van der Waals surface area contributed by atoms with E-state index in [1.807, 2.05) is 60.7 Å². The Hall–Kier alpha value is -3.12. The number of ether oxygens (including phenoxy) is 2. The Bertz CT molecular complexity index is 896. The van der Waals surface area contributed by atoms with Crippen molar-refractivity contribution in [3.05, 3.63) is 60.7 Å². The summed E-state index contributed by atoms with van der Waals surface area (Å²) in [6.45, 7) is 3.05. The minimum absolute atomic E-state index is 0.692. The number of benzene rings is 2. The fourth-order valence-electron chi connectivity index (χ4n) is 3.06. The summed E-state index contributed by atoms with van der Waals surface area (Å²) in [6.07, 6.45) is 0. The average Bonchev–Trinajstić information content (AvgIpc) is 2.75. The zero-order valence-corrected chi connectivity index (χ0v) is 15.3. The largest absolute Gasteiger partial charge is 0.495 e. The molecule has 0 radical (unpaired) electrons. The van der Waals surface area contributed by atoms with Crippen LogP contribution in [0.3, 0.4) is 0 Å². The van der Waals surface area contributed by atoms with Crippen LogP contribution in [0.2, 0.25) is 0 Å². The van der Waals surface area contributed by atoms with Crippen molar-refractivity contribution in [3.8, 4) is 17.1 Å². The quantitative estimate of drug-likeness (QED) is 0.746. The summed E-state index contributed by atoms with van der Waals surface area (Å²) < 4.78 is 10.9. The molecule has 1 aromatic heterocycles. The first kappa shape index (κ1) is 17.3. The highest BCUT2D eigenvalue weighted by atomic mass is 16.5. The number of anilines is 3. The lowest BCUT2D eigenvalue weighted by Crippen LogP contribution is -2.36. The van der Waals surface area contributed by atoms with Crippen LogP contribution in [0.5, 0.6) is 5.75 Å². The second-order valence-corrected chi connectivity index (χ2v) is 6.23. The number of methoxy groups -OCH3 is 1. The molecule has 0 amide bonds. The van der Waals surface area contributed by atoms with E-state index in [4.69, 9.17) is 19.4 Å². The minimum atomic E-state index is 0.692. The first-order chi connectivity index (χ1) is 13.3. The van der Waals surface area contributed by atoms with Gasteiger partial charge in [0, 0.05) is 24.7 Å². The Morgan fingerprint density at radius 2 is 1.70 bits per heavy atom. The smallest absolute Gasteiger partial charge is 0.163 e. The van der Waals surface area contributed by atoms with E-state index in [0.717, 1.165) is 41.7 Å². The van der Waals surface area contributed by atoms with Gasteiger partial charge in [0.05, 0.1) is 26.0 Å². The maximum Gasteiger partial charge on any atom is 0.163 e. The van der Waals surface area contributed by atoms with Gasteiger partial charge in [0.1, 0.15) is 17.4 Å². The Kier molecular flexibility index (Phi) is 5.16. The van der Waals surface area contributed by atoms with Gasteiger partial charge in [-0.15, -0.1) is 0 Å². The second-order valence-electron chi connectivity index (χ2n) is 6.23. The third-order valence-corrected chi connectivity index (χ3v) is 4.45. The molecule has 3 aromatic rings. The summed E-state index contributed by atoms with van der Waals surface area (Å²) in [5.74, 6) is 3.08. The number of para-hydroxylation sites is 2. The van der Waals surface area contributed by atoms with Crippen LogP contribution >= 0.6 is 0 Å². The number of hydrogen-bond acceptors (Lipinski definition) is 6. The van der Waals surface area contributed by atoms with Gasteiger partial charge in [-0.25, -0.2) is 9.97 Å². The van der Waals surface area contributed by atoms with Crippen molar-refractivity contribution in [2.45, 2.75) is 0 Å². The number of nitrogens with one attached hydrogen (secondary N) is 1. The van der Waals surface area contributed by atoms with Crippen molar-refractivity contribution in [1.82, 2.24) is 9.97 Å². The minimum Gasteiger partial charge on any atom is -0.495 e. The van der Waals surface area contributed by atoms with Gasteiger partial charge in [-0.2, -0.15) is 0 Å². The van der Waals surface area contributed by atoms with Gasteiger partial charge in [0.2, 0.25) is 0 Å². The number of rotatable bonds is 5. The Morgan fingerprint density at radius 3 is 2.48 bits per heavy atom. The molecule has 2 heterocycles. The van der Waals surface area contributed by atoms with Crippen LogP contribution in [-0.2, 0) is 4.74 Å². The molecule has 1 N–H and O–H groups in total. The molecular weight excluding hydrogens is 340 g/mol. The molecule has 1 fully saturated rings. The molecule has 0 unspecified atom stereocenters. The van der Waals surface area contributed by atoms with Gasteiger partial charge in [0.25, 0.3) is 0 Å². The number of morpholine rings is 1. The molecule has 27 heavy (non-hydrogen) atoms. The van der Waals surface area contributed by atoms with Crippen molar-refractivity contribution in [2.24, 2.45) is 0 Å². The number of nitrogens with zero attached hydrogens (tertiary/aromatic N) is 3. The summed E-state index contributed by atoms with van der Waals surface area (Å²) in [4.78, 5) is 11.8. The van der Waals surface area contributed by atoms with Gasteiger partial charge >= 0.3 is 0 Å². The molecule has 0 atom stereocenters. The Morgan fingerprint density at radius 1 is 0.963 bits per heavy atom. The van der Waals surface area contributed by atoms with Crippen LogP contribution in [0, 0.1) is 0 Å². The molecule has 0 saturated carbocycles. The summed E-state index contributed by atoms with van der Waals surface area (Å²) >= 11 is 0. The molecule has 0 bridgehead atoms. The topological polar surface area (TPSA) is 59.5 Å². The maximum atomic E-state index is 5.48. The van der Waals surface area contributed by atoms with Crippen molar-refractivity contribution >= 4 is 17.3 Å². The highest BCUT2D eigenvalue weighted by molar-refractivity contribution is 5.68. The monoisotopic (exact) mass is 362 g/mol. The van der Waals surface area contributed by atoms with Gasteiger partial charge < -0.3 is 19.7 Å². The van der Waals surface area contributed by atoms with Crippen molar-refractivity contribution in [2.75, 3.05) is 43.6 Å². The van der Waals surface area contributed by atoms with E-state index in [-0.39, 0.29) is 0 Å². The van der Waals surface area contributed by atoms with Crippen LogP contribution in [0.25, 0.3) is 11.4 Å². The maximum absolute atomic E-state index is 5.48. The lowest BCUT2D eigenvalue weighted by Gasteiger charge is -2.28.